The largest absolute Gasteiger partial charge is 0.506 e. The van der Waals surface area contributed by atoms with E-state index >= 15 is 0 Å². The number of hydrogen-bond acceptors (Lipinski definition) is 4. The molecule has 3 aromatic rings. The second-order valence-corrected chi connectivity index (χ2v) is 8.17. The summed E-state index contributed by atoms with van der Waals surface area (Å²) < 4.78 is 5.88. The van der Waals surface area contributed by atoms with Gasteiger partial charge in [-0.05, 0) is 49.8 Å². The molecule has 0 saturated heterocycles. The summed E-state index contributed by atoms with van der Waals surface area (Å²) >= 11 is 3.20. The number of nitrogens with one attached hydrogen (secondary N) is 1. The molecule has 4 rings (SSSR count). The molecular weight excluding hydrogens is 462 g/mol. The highest BCUT2D eigenvalue weighted by atomic mass is 79.9. The van der Waals surface area contributed by atoms with Crippen molar-refractivity contribution in [1.29, 1.82) is 0 Å². The normalized spacial score (nSPS) is 13.2. The van der Waals surface area contributed by atoms with Crippen molar-refractivity contribution >= 4 is 28.0 Å². The fourth-order valence-electron chi connectivity index (χ4n) is 3.93. The number of ether oxygens (including phenoxy) is 1. The molecule has 1 amide bonds. The molecule has 31 heavy (non-hydrogen) atoms. The van der Waals surface area contributed by atoms with Crippen molar-refractivity contribution in [1.82, 2.24) is 5.32 Å². The molecular formula is C24H20BrNO5. The van der Waals surface area contributed by atoms with Crippen LogP contribution in [-0.2, 0) is 16.0 Å². The molecule has 0 saturated carbocycles. The van der Waals surface area contributed by atoms with Crippen LogP contribution in [0.4, 0.5) is 4.79 Å². The lowest BCUT2D eigenvalue weighted by Gasteiger charge is -2.18. The van der Waals surface area contributed by atoms with E-state index in [2.05, 4.69) is 21.2 Å². The minimum atomic E-state index is -1.24. The Balaban J connectivity index is 1.45. The number of phenolic OH excluding ortho intramolecular Hbond substituents is 1. The van der Waals surface area contributed by atoms with Crippen LogP contribution in [0.5, 0.6) is 5.75 Å². The number of alkyl carbamates (subject to hydrolysis) is 1. The molecule has 0 fully saturated rings. The van der Waals surface area contributed by atoms with E-state index in [9.17, 15) is 19.8 Å². The number of halogens is 1. The number of carboxylic acids is 1. The number of rotatable bonds is 6. The molecule has 7 heteroatoms. The summed E-state index contributed by atoms with van der Waals surface area (Å²) in [6.07, 6.45) is -0.895. The Morgan fingerprint density at radius 1 is 0.968 bits per heavy atom. The van der Waals surface area contributed by atoms with E-state index in [4.69, 9.17) is 4.74 Å². The van der Waals surface area contributed by atoms with Crippen LogP contribution in [0.1, 0.15) is 22.6 Å². The predicted molar refractivity (Wildman–Crippen MR) is 119 cm³/mol. The number of carbonyl (C=O) groups excluding carboxylic acids is 1. The van der Waals surface area contributed by atoms with Crippen molar-refractivity contribution in [2.75, 3.05) is 6.61 Å². The number of fused-ring (bicyclic) bond motifs is 3. The molecule has 6 nitrogen and oxygen atoms in total. The van der Waals surface area contributed by atoms with Gasteiger partial charge in [0.1, 0.15) is 18.4 Å². The standard InChI is InChI=1S/C24H20BrNO5/c25-20-11-5-6-14(22(20)27)12-21(23(28)29)26-24(30)31-13-19-17-9-3-1-7-15(17)16-8-2-4-10-18(16)19/h1-11,19,21,27H,12-13H2,(H,26,30)(H,28,29). The Kier molecular flexibility index (Phi) is 5.95. The average molecular weight is 482 g/mol. The van der Waals surface area contributed by atoms with E-state index in [1.54, 1.807) is 18.2 Å². The van der Waals surface area contributed by atoms with Crippen molar-refractivity contribution in [3.8, 4) is 16.9 Å². The summed E-state index contributed by atoms with van der Waals surface area (Å²) in [5, 5.41) is 22.0. The van der Waals surface area contributed by atoms with E-state index in [1.165, 1.54) is 0 Å². The van der Waals surface area contributed by atoms with Gasteiger partial charge in [0.05, 0.1) is 4.47 Å². The van der Waals surface area contributed by atoms with Gasteiger partial charge in [0.25, 0.3) is 0 Å². The number of carbonyl (C=O) groups is 2. The SMILES string of the molecule is O=C(NC(Cc1cccc(Br)c1O)C(=O)O)OCC1c2ccccc2-c2ccccc21. The molecule has 1 atom stereocenters. The summed E-state index contributed by atoms with van der Waals surface area (Å²) in [6.45, 7) is 0.0916. The molecule has 3 aromatic carbocycles. The highest BCUT2D eigenvalue weighted by Gasteiger charge is 2.30. The van der Waals surface area contributed by atoms with Gasteiger partial charge in [0, 0.05) is 12.3 Å². The Labute approximate surface area is 187 Å². The van der Waals surface area contributed by atoms with Crippen molar-refractivity contribution in [2.45, 2.75) is 18.4 Å². The van der Waals surface area contributed by atoms with Crippen molar-refractivity contribution < 1.29 is 24.5 Å². The minimum absolute atomic E-state index is 0.0527. The molecule has 0 bridgehead atoms. The number of benzene rings is 3. The molecule has 158 valence electrons. The van der Waals surface area contributed by atoms with Crippen LogP contribution < -0.4 is 5.32 Å². The lowest BCUT2D eigenvalue weighted by Crippen LogP contribution is -2.42. The third kappa shape index (κ3) is 4.27. The maximum absolute atomic E-state index is 12.4. The number of hydrogen-bond donors (Lipinski definition) is 3. The first-order valence-electron chi connectivity index (χ1n) is 9.76. The second-order valence-electron chi connectivity index (χ2n) is 7.31. The fraction of sp³-hybridized carbons (Fsp3) is 0.167. The lowest BCUT2D eigenvalue weighted by molar-refractivity contribution is -0.139. The zero-order valence-electron chi connectivity index (χ0n) is 16.4. The van der Waals surface area contributed by atoms with E-state index < -0.39 is 18.1 Å². The molecule has 0 heterocycles. The van der Waals surface area contributed by atoms with E-state index in [-0.39, 0.29) is 24.7 Å². The van der Waals surface area contributed by atoms with Gasteiger partial charge in [0.2, 0.25) is 0 Å². The van der Waals surface area contributed by atoms with Gasteiger partial charge in [-0.1, -0.05) is 60.7 Å². The summed E-state index contributed by atoms with van der Waals surface area (Å²) in [5.41, 5.74) is 4.78. The van der Waals surface area contributed by atoms with Gasteiger partial charge in [-0.15, -0.1) is 0 Å². The molecule has 0 aliphatic heterocycles. The highest BCUT2D eigenvalue weighted by Crippen LogP contribution is 2.44. The first-order chi connectivity index (χ1) is 15.0. The summed E-state index contributed by atoms with van der Waals surface area (Å²) in [4.78, 5) is 24.1. The van der Waals surface area contributed by atoms with Crippen LogP contribution in [0.15, 0.2) is 71.2 Å². The maximum Gasteiger partial charge on any atom is 0.407 e. The molecule has 1 aliphatic rings. The fourth-order valence-corrected chi connectivity index (χ4v) is 4.33. The van der Waals surface area contributed by atoms with Crippen molar-refractivity contribution in [2.24, 2.45) is 0 Å². The van der Waals surface area contributed by atoms with Gasteiger partial charge in [0.15, 0.2) is 0 Å². The summed E-state index contributed by atoms with van der Waals surface area (Å²) in [5.74, 6) is -1.38. The van der Waals surface area contributed by atoms with Gasteiger partial charge in [-0.2, -0.15) is 0 Å². The third-order valence-corrected chi connectivity index (χ3v) is 6.07. The Morgan fingerprint density at radius 2 is 1.58 bits per heavy atom. The van der Waals surface area contributed by atoms with Crippen LogP contribution in [0.3, 0.4) is 0 Å². The van der Waals surface area contributed by atoms with Crippen LogP contribution in [0.25, 0.3) is 11.1 Å². The third-order valence-electron chi connectivity index (χ3n) is 5.43. The van der Waals surface area contributed by atoms with E-state index in [1.807, 2.05) is 48.5 Å². The number of carboxylic acid groups (broad SMARTS) is 1. The van der Waals surface area contributed by atoms with Gasteiger partial charge >= 0.3 is 12.1 Å². The maximum atomic E-state index is 12.4. The smallest absolute Gasteiger partial charge is 0.407 e. The zero-order chi connectivity index (χ0) is 22.0. The predicted octanol–water partition coefficient (Wildman–Crippen LogP) is 4.69. The van der Waals surface area contributed by atoms with Gasteiger partial charge in [-0.3, -0.25) is 0 Å². The van der Waals surface area contributed by atoms with E-state index in [0.29, 0.717) is 10.0 Å². The summed E-state index contributed by atoms with van der Waals surface area (Å²) in [7, 11) is 0. The number of aromatic hydroxyl groups is 1. The second kappa shape index (κ2) is 8.81. The molecule has 3 N–H and O–H groups in total. The van der Waals surface area contributed by atoms with Crippen LogP contribution >= 0.6 is 15.9 Å². The van der Waals surface area contributed by atoms with Crippen molar-refractivity contribution in [3.63, 3.8) is 0 Å². The minimum Gasteiger partial charge on any atom is -0.506 e. The Hall–Kier alpha value is -3.32. The number of para-hydroxylation sites is 1. The first-order valence-corrected chi connectivity index (χ1v) is 10.6. The molecule has 1 aliphatic carbocycles. The molecule has 0 spiro atoms. The topological polar surface area (TPSA) is 95.9 Å². The van der Waals surface area contributed by atoms with Crippen LogP contribution in [-0.4, -0.2) is 34.9 Å². The number of phenols is 1. The van der Waals surface area contributed by atoms with Crippen LogP contribution in [0, 0.1) is 0 Å². The van der Waals surface area contributed by atoms with Crippen molar-refractivity contribution in [3.05, 3.63) is 87.9 Å². The summed E-state index contributed by atoms with van der Waals surface area (Å²) in [6, 6.07) is 19.6. The molecule has 1 unspecified atom stereocenters. The first kappa shape index (κ1) is 20.9. The average Bonchev–Trinajstić information content (AvgIpc) is 3.08. The molecule has 0 radical (unpaired) electrons. The van der Waals surface area contributed by atoms with Gasteiger partial charge in [-0.25, -0.2) is 9.59 Å². The number of amides is 1. The Bertz CT molecular complexity index is 1100. The number of aliphatic carboxylic acids is 1. The highest BCUT2D eigenvalue weighted by molar-refractivity contribution is 9.10. The monoisotopic (exact) mass is 481 g/mol. The van der Waals surface area contributed by atoms with E-state index in [0.717, 1.165) is 22.3 Å². The van der Waals surface area contributed by atoms with Gasteiger partial charge < -0.3 is 20.3 Å². The Morgan fingerprint density at radius 3 is 2.19 bits per heavy atom. The lowest BCUT2D eigenvalue weighted by atomic mass is 9.98. The molecule has 0 aromatic heterocycles. The van der Waals surface area contributed by atoms with Crippen LogP contribution in [0.2, 0.25) is 0 Å². The zero-order valence-corrected chi connectivity index (χ0v) is 18.0. The quantitative estimate of drug-likeness (QED) is 0.474.